The maximum absolute atomic E-state index is 13.2. The number of amides is 4. The van der Waals surface area contributed by atoms with Gasteiger partial charge in [0.05, 0.1) is 6.42 Å². The van der Waals surface area contributed by atoms with E-state index in [2.05, 4.69) is 52.1 Å². The molecule has 3 fully saturated rings. The summed E-state index contributed by atoms with van der Waals surface area (Å²) >= 11 is 0. The summed E-state index contributed by atoms with van der Waals surface area (Å²) in [5.41, 5.74) is 2.04. The highest BCUT2D eigenvalue weighted by atomic mass is 16.2. The summed E-state index contributed by atoms with van der Waals surface area (Å²) in [4.78, 5) is 39.6. The minimum atomic E-state index is -1.20. The van der Waals surface area contributed by atoms with Crippen LogP contribution in [0.2, 0.25) is 0 Å². The van der Waals surface area contributed by atoms with Gasteiger partial charge in [-0.1, -0.05) is 42.2 Å². The first-order valence-electron chi connectivity index (χ1n) is 12.4. The summed E-state index contributed by atoms with van der Waals surface area (Å²) in [7, 11) is 0. The quantitative estimate of drug-likeness (QED) is 0.473. The van der Waals surface area contributed by atoms with Gasteiger partial charge in [-0.05, 0) is 68.0 Å². The molecule has 5 rings (SSSR count). The minimum Gasteiger partial charge on any atom is -0.343 e. The fraction of sp³-hybridized carbons (Fsp3) is 0.393. The van der Waals surface area contributed by atoms with Crippen molar-refractivity contribution >= 4 is 17.8 Å². The Morgan fingerprint density at radius 3 is 2.23 bits per heavy atom. The average molecular weight is 471 g/mol. The van der Waals surface area contributed by atoms with E-state index in [1.165, 1.54) is 5.56 Å². The monoisotopic (exact) mass is 470 g/mol. The second-order valence-corrected chi connectivity index (χ2v) is 9.60. The molecule has 7 heteroatoms. The minimum absolute atomic E-state index is 0.0122. The first-order valence-corrected chi connectivity index (χ1v) is 12.4. The lowest BCUT2D eigenvalue weighted by atomic mass is 9.84. The van der Waals surface area contributed by atoms with E-state index in [0.717, 1.165) is 43.4 Å². The van der Waals surface area contributed by atoms with Crippen LogP contribution in [0, 0.1) is 11.8 Å². The molecule has 0 spiro atoms. The summed E-state index contributed by atoms with van der Waals surface area (Å²) < 4.78 is 0. The molecule has 0 aromatic heterocycles. The van der Waals surface area contributed by atoms with Gasteiger partial charge in [0.25, 0.3) is 5.91 Å². The number of benzene rings is 2. The van der Waals surface area contributed by atoms with Crippen molar-refractivity contribution in [3.63, 3.8) is 0 Å². The molecule has 2 aromatic rings. The Labute approximate surface area is 205 Å². The van der Waals surface area contributed by atoms with Gasteiger partial charge >= 0.3 is 6.03 Å². The maximum atomic E-state index is 13.2. The number of urea groups is 1. The van der Waals surface area contributed by atoms with Gasteiger partial charge in [-0.2, -0.15) is 0 Å². The molecule has 0 aliphatic carbocycles. The fourth-order valence-electron chi connectivity index (χ4n) is 5.42. The molecular weight excluding hydrogens is 440 g/mol. The molecular formula is C28H30N4O3. The predicted molar refractivity (Wildman–Crippen MR) is 132 cm³/mol. The lowest BCUT2D eigenvalue weighted by Crippen LogP contribution is -2.62. The van der Waals surface area contributed by atoms with Crippen LogP contribution in [0.5, 0.6) is 0 Å². The molecule has 35 heavy (non-hydrogen) atoms. The van der Waals surface area contributed by atoms with Crippen molar-refractivity contribution in [1.29, 1.82) is 0 Å². The standard InChI is InChI=1S/C28H30N4O3/c33-25(19-28(24-7-4-16-29-24)26(34)30-27(35)31-28)32-17-14-23(15-18-32)22-12-10-21(11-13-22)9-8-20-5-2-1-3-6-20/h1-3,5-6,10-13,23-24,29H,4,7,14-19H2,(H2,30,31,34,35). The Bertz CT molecular complexity index is 1150. The normalized spacial score (nSPS) is 24.5. The van der Waals surface area contributed by atoms with Gasteiger partial charge < -0.3 is 15.5 Å². The highest BCUT2D eigenvalue weighted by Gasteiger charge is 2.54. The second kappa shape index (κ2) is 9.93. The van der Waals surface area contributed by atoms with Crippen LogP contribution in [0.4, 0.5) is 4.79 Å². The van der Waals surface area contributed by atoms with Gasteiger partial charge in [0, 0.05) is 30.3 Å². The number of hydrogen-bond donors (Lipinski definition) is 3. The molecule has 2 aromatic carbocycles. The highest BCUT2D eigenvalue weighted by Crippen LogP contribution is 2.31. The van der Waals surface area contributed by atoms with Gasteiger partial charge in [0.15, 0.2) is 0 Å². The number of nitrogens with one attached hydrogen (secondary N) is 3. The topological polar surface area (TPSA) is 90.5 Å². The molecule has 0 saturated carbocycles. The van der Waals surface area contributed by atoms with Crippen molar-refractivity contribution in [3.05, 3.63) is 71.3 Å². The van der Waals surface area contributed by atoms with Crippen molar-refractivity contribution < 1.29 is 14.4 Å². The first kappa shape index (κ1) is 23.1. The third kappa shape index (κ3) is 4.94. The first-order chi connectivity index (χ1) is 17.0. The second-order valence-electron chi connectivity index (χ2n) is 9.60. The third-order valence-corrected chi connectivity index (χ3v) is 7.41. The van der Waals surface area contributed by atoms with Crippen LogP contribution in [0.1, 0.15) is 54.7 Å². The molecule has 0 bridgehead atoms. The Kier molecular flexibility index (Phi) is 6.56. The number of likely N-dealkylation sites (tertiary alicyclic amines) is 1. The van der Waals surface area contributed by atoms with Crippen LogP contribution < -0.4 is 16.0 Å². The van der Waals surface area contributed by atoms with Gasteiger partial charge in [0.1, 0.15) is 5.54 Å². The fourth-order valence-corrected chi connectivity index (χ4v) is 5.42. The third-order valence-electron chi connectivity index (χ3n) is 7.41. The number of hydrogen-bond acceptors (Lipinski definition) is 4. The van der Waals surface area contributed by atoms with E-state index < -0.39 is 17.5 Å². The van der Waals surface area contributed by atoms with Crippen LogP contribution in [0.3, 0.4) is 0 Å². The lowest BCUT2D eigenvalue weighted by molar-refractivity contribution is -0.138. The molecule has 4 amide bonds. The Morgan fingerprint density at radius 1 is 0.943 bits per heavy atom. The van der Waals surface area contributed by atoms with E-state index in [4.69, 9.17) is 0 Å². The SMILES string of the molecule is O=C1NC(=O)C(CC(=O)N2CCC(c3ccc(C#Cc4ccccc4)cc3)CC2)(C2CCCN2)N1. The molecule has 7 nitrogen and oxygen atoms in total. The summed E-state index contributed by atoms with van der Waals surface area (Å²) in [5.74, 6) is 6.29. The molecule has 3 N–H and O–H groups in total. The zero-order valence-corrected chi connectivity index (χ0v) is 19.7. The van der Waals surface area contributed by atoms with Crippen LogP contribution in [0.15, 0.2) is 54.6 Å². The number of piperidine rings is 1. The molecule has 3 aliphatic rings. The lowest BCUT2D eigenvalue weighted by Gasteiger charge is -2.36. The summed E-state index contributed by atoms with van der Waals surface area (Å²) in [6.07, 6.45) is 3.41. The zero-order chi connectivity index (χ0) is 24.3. The summed E-state index contributed by atoms with van der Waals surface area (Å²) in [6, 6.07) is 17.6. The van der Waals surface area contributed by atoms with Crippen molar-refractivity contribution in [2.24, 2.45) is 0 Å². The van der Waals surface area contributed by atoms with E-state index in [9.17, 15) is 14.4 Å². The van der Waals surface area contributed by atoms with E-state index >= 15 is 0 Å². The van der Waals surface area contributed by atoms with Gasteiger partial charge in [-0.15, -0.1) is 0 Å². The zero-order valence-electron chi connectivity index (χ0n) is 19.7. The number of carbonyl (C=O) groups is 3. The van der Waals surface area contributed by atoms with Crippen molar-refractivity contribution in [2.45, 2.75) is 49.6 Å². The highest BCUT2D eigenvalue weighted by molar-refractivity contribution is 6.09. The Balaban J connectivity index is 1.18. The summed E-state index contributed by atoms with van der Waals surface area (Å²) in [6.45, 7) is 2.07. The molecule has 3 saturated heterocycles. The van der Waals surface area contributed by atoms with Gasteiger partial charge in [-0.3, -0.25) is 14.9 Å². The van der Waals surface area contributed by atoms with E-state index in [-0.39, 0.29) is 18.4 Å². The van der Waals surface area contributed by atoms with Gasteiger partial charge in [0.2, 0.25) is 5.91 Å². The van der Waals surface area contributed by atoms with E-state index in [1.807, 2.05) is 35.2 Å². The molecule has 3 heterocycles. The number of carbonyl (C=O) groups excluding carboxylic acids is 3. The number of nitrogens with zero attached hydrogens (tertiary/aromatic N) is 1. The van der Waals surface area contributed by atoms with E-state index in [0.29, 0.717) is 19.0 Å². The summed E-state index contributed by atoms with van der Waals surface area (Å²) in [5, 5.41) is 8.40. The Hall–Kier alpha value is -3.63. The molecule has 3 aliphatic heterocycles. The molecule has 2 unspecified atom stereocenters. The van der Waals surface area contributed by atoms with Crippen LogP contribution >= 0.6 is 0 Å². The molecule has 180 valence electrons. The average Bonchev–Trinajstić information content (AvgIpc) is 3.52. The molecule has 0 radical (unpaired) electrons. The number of rotatable bonds is 4. The largest absolute Gasteiger partial charge is 0.343 e. The maximum Gasteiger partial charge on any atom is 0.322 e. The molecule has 2 atom stereocenters. The van der Waals surface area contributed by atoms with Crippen LogP contribution in [-0.4, -0.2) is 54.0 Å². The van der Waals surface area contributed by atoms with Crippen molar-refractivity contribution in [2.75, 3.05) is 19.6 Å². The predicted octanol–water partition coefficient (Wildman–Crippen LogP) is 2.51. The van der Waals surface area contributed by atoms with Crippen molar-refractivity contribution in [1.82, 2.24) is 20.9 Å². The van der Waals surface area contributed by atoms with Gasteiger partial charge in [-0.25, -0.2) is 4.79 Å². The smallest absolute Gasteiger partial charge is 0.322 e. The van der Waals surface area contributed by atoms with Crippen LogP contribution in [-0.2, 0) is 9.59 Å². The van der Waals surface area contributed by atoms with Crippen molar-refractivity contribution in [3.8, 4) is 11.8 Å². The van der Waals surface area contributed by atoms with Crippen LogP contribution in [0.25, 0.3) is 0 Å². The Morgan fingerprint density at radius 2 is 1.63 bits per heavy atom. The number of imide groups is 1. The van der Waals surface area contributed by atoms with E-state index in [1.54, 1.807) is 0 Å².